The Kier molecular flexibility index (Phi) is 6.80. The van der Waals surface area contributed by atoms with Crippen LogP contribution < -0.4 is 15.0 Å². The SMILES string of the molecule is CC1CN(C(=O)Nc2cccc(C(F)(F)F)c2)CCN1c1nccnc1OCc1ccncc1. The number of nitrogens with one attached hydrogen (secondary N) is 1. The van der Waals surface area contributed by atoms with Crippen LogP contribution in [0, 0.1) is 0 Å². The summed E-state index contributed by atoms with van der Waals surface area (Å²) >= 11 is 0. The Morgan fingerprint density at radius 3 is 2.62 bits per heavy atom. The highest BCUT2D eigenvalue weighted by Crippen LogP contribution is 2.31. The van der Waals surface area contributed by atoms with Crippen LogP contribution in [-0.2, 0) is 12.8 Å². The molecule has 3 heterocycles. The minimum absolute atomic E-state index is 0.0932. The van der Waals surface area contributed by atoms with Crippen LogP contribution in [0.5, 0.6) is 5.88 Å². The smallest absolute Gasteiger partial charge is 0.416 e. The molecule has 11 heteroatoms. The number of hydrogen-bond donors (Lipinski definition) is 1. The number of halogens is 3. The van der Waals surface area contributed by atoms with Gasteiger partial charge in [-0.25, -0.2) is 14.8 Å². The van der Waals surface area contributed by atoms with Gasteiger partial charge in [-0.2, -0.15) is 13.2 Å². The minimum atomic E-state index is -4.48. The predicted octanol–water partition coefficient (Wildman–Crippen LogP) is 4.21. The number of amides is 2. The highest BCUT2D eigenvalue weighted by atomic mass is 19.4. The van der Waals surface area contributed by atoms with Crippen LogP contribution in [0.2, 0.25) is 0 Å². The molecule has 2 amide bonds. The summed E-state index contributed by atoms with van der Waals surface area (Å²) in [4.78, 5) is 29.0. The van der Waals surface area contributed by atoms with Crippen molar-refractivity contribution in [2.75, 3.05) is 29.9 Å². The molecule has 1 fully saturated rings. The number of nitrogens with zero attached hydrogens (tertiary/aromatic N) is 5. The van der Waals surface area contributed by atoms with Gasteiger partial charge in [0.25, 0.3) is 5.88 Å². The zero-order chi connectivity index (χ0) is 24.1. The number of benzene rings is 1. The van der Waals surface area contributed by atoms with Crippen molar-refractivity contribution >= 4 is 17.5 Å². The van der Waals surface area contributed by atoms with Gasteiger partial charge in [0.1, 0.15) is 6.61 Å². The van der Waals surface area contributed by atoms with Crippen LogP contribution in [0.4, 0.5) is 29.5 Å². The van der Waals surface area contributed by atoms with Gasteiger partial charge in [-0.1, -0.05) is 6.07 Å². The molecule has 1 aliphatic heterocycles. The molecule has 0 radical (unpaired) electrons. The van der Waals surface area contributed by atoms with E-state index >= 15 is 0 Å². The van der Waals surface area contributed by atoms with Crippen LogP contribution in [-0.4, -0.2) is 51.6 Å². The molecule has 1 atom stereocenters. The van der Waals surface area contributed by atoms with Gasteiger partial charge in [-0.05, 0) is 42.8 Å². The number of ether oxygens (including phenoxy) is 1. The van der Waals surface area contributed by atoms with Crippen molar-refractivity contribution in [3.63, 3.8) is 0 Å². The molecule has 2 aromatic heterocycles. The Bertz CT molecular complexity index is 1130. The zero-order valence-corrected chi connectivity index (χ0v) is 18.4. The van der Waals surface area contributed by atoms with E-state index in [1.165, 1.54) is 12.1 Å². The lowest BCUT2D eigenvalue weighted by molar-refractivity contribution is -0.137. The third-order valence-electron chi connectivity index (χ3n) is 5.40. The second-order valence-electron chi connectivity index (χ2n) is 7.83. The van der Waals surface area contributed by atoms with E-state index in [1.54, 1.807) is 29.7 Å². The number of alkyl halides is 3. The molecule has 178 valence electrons. The van der Waals surface area contributed by atoms with E-state index in [4.69, 9.17) is 4.74 Å². The van der Waals surface area contributed by atoms with Gasteiger partial charge < -0.3 is 19.9 Å². The molecule has 0 aliphatic carbocycles. The zero-order valence-electron chi connectivity index (χ0n) is 18.4. The van der Waals surface area contributed by atoms with Gasteiger partial charge in [-0.15, -0.1) is 0 Å². The van der Waals surface area contributed by atoms with Crippen LogP contribution in [0.3, 0.4) is 0 Å². The highest BCUT2D eigenvalue weighted by Gasteiger charge is 2.32. The van der Waals surface area contributed by atoms with E-state index < -0.39 is 17.8 Å². The summed E-state index contributed by atoms with van der Waals surface area (Å²) in [6.07, 6.45) is 2.02. The predicted molar refractivity (Wildman–Crippen MR) is 119 cm³/mol. The molecule has 0 bridgehead atoms. The third-order valence-corrected chi connectivity index (χ3v) is 5.40. The quantitative estimate of drug-likeness (QED) is 0.599. The standard InChI is InChI=1S/C23H23F3N6O2/c1-16-14-31(22(33)30-19-4-2-3-18(13-19)23(24,25)26)11-12-32(16)20-21(29-10-9-28-20)34-15-17-5-7-27-8-6-17/h2-10,13,16H,11-12,14-15H2,1H3,(H,30,33). The van der Waals surface area contributed by atoms with Gasteiger partial charge >= 0.3 is 12.2 Å². The van der Waals surface area contributed by atoms with Crippen molar-refractivity contribution < 1.29 is 22.7 Å². The second kappa shape index (κ2) is 9.94. The van der Waals surface area contributed by atoms with Crippen LogP contribution >= 0.6 is 0 Å². The molecule has 0 saturated carbocycles. The van der Waals surface area contributed by atoms with Crippen molar-refractivity contribution in [1.82, 2.24) is 19.9 Å². The Labute approximate surface area is 194 Å². The number of urea groups is 1. The summed E-state index contributed by atoms with van der Waals surface area (Å²) < 4.78 is 44.7. The molecule has 1 saturated heterocycles. The van der Waals surface area contributed by atoms with E-state index in [0.29, 0.717) is 37.9 Å². The molecule has 1 unspecified atom stereocenters. The average Bonchev–Trinajstić information content (AvgIpc) is 2.83. The molecular weight excluding hydrogens is 449 g/mol. The fourth-order valence-corrected chi connectivity index (χ4v) is 3.68. The van der Waals surface area contributed by atoms with Crippen LogP contribution in [0.15, 0.2) is 61.2 Å². The summed E-state index contributed by atoms with van der Waals surface area (Å²) in [5.74, 6) is 0.954. The molecule has 1 aliphatic rings. The number of carbonyl (C=O) groups is 1. The summed E-state index contributed by atoms with van der Waals surface area (Å²) in [5, 5.41) is 2.56. The van der Waals surface area contributed by atoms with E-state index in [9.17, 15) is 18.0 Å². The molecule has 1 N–H and O–H groups in total. The lowest BCUT2D eigenvalue weighted by Gasteiger charge is -2.40. The fraction of sp³-hybridized carbons (Fsp3) is 0.304. The first-order chi connectivity index (χ1) is 16.3. The van der Waals surface area contributed by atoms with Crippen molar-refractivity contribution in [1.29, 1.82) is 0 Å². The van der Waals surface area contributed by atoms with E-state index in [2.05, 4.69) is 20.3 Å². The van der Waals surface area contributed by atoms with E-state index in [-0.39, 0.29) is 11.7 Å². The summed E-state index contributed by atoms with van der Waals surface area (Å²) in [5.41, 5.74) is 0.219. The Balaban J connectivity index is 1.40. The summed E-state index contributed by atoms with van der Waals surface area (Å²) in [7, 11) is 0. The minimum Gasteiger partial charge on any atom is -0.470 e. The van der Waals surface area contributed by atoms with Gasteiger partial charge in [0.2, 0.25) is 0 Å². The maximum Gasteiger partial charge on any atom is 0.416 e. The second-order valence-corrected chi connectivity index (χ2v) is 7.83. The van der Waals surface area contributed by atoms with Gasteiger partial charge in [0.15, 0.2) is 5.82 Å². The van der Waals surface area contributed by atoms with Crippen LogP contribution in [0.1, 0.15) is 18.1 Å². The van der Waals surface area contributed by atoms with Gasteiger partial charge in [-0.3, -0.25) is 4.98 Å². The topological polar surface area (TPSA) is 83.5 Å². The Hall–Kier alpha value is -3.89. The van der Waals surface area contributed by atoms with E-state index in [0.717, 1.165) is 17.7 Å². The molecule has 1 aromatic carbocycles. The number of hydrogen-bond acceptors (Lipinski definition) is 6. The number of pyridine rings is 1. The maximum absolute atomic E-state index is 12.9. The lowest BCUT2D eigenvalue weighted by atomic mass is 10.2. The first-order valence-electron chi connectivity index (χ1n) is 10.6. The Morgan fingerprint density at radius 2 is 1.88 bits per heavy atom. The Morgan fingerprint density at radius 1 is 1.12 bits per heavy atom. The average molecular weight is 472 g/mol. The maximum atomic E-state index is 12.9. The van der Waals surface area contributed by atoms with Crippen molar-refractivity contribution in [2.24, 2.45) is 0 Å². The number of rotatable bonds is 5. The summed E-state index contributed by atoms with van der Waals surface area (Å²) in [6, 6.07) is 7.69. The third kappa shape index (κ3) is 5.53. The van der Waals surface area contributed by atoms with Crippen LogP contribution in [0.25, 0.3) is 0 Å². The van der Waals surface area contributed by atoms with Gasteiger partial charge in [0, 0.05) is 56.2 Å². The number of aromatic nitrogens is 3. The molecule has 3 aromatic rings. The van der Waals surface area contributed by atoms with Crippen molar-refractivity contribution in [2.45, 2.75) is 25.7 Å². The number of piperazine rings is 1. The van der Waals surface area contributed by atoms with Crippen molar-refractivity contribution in [3.8, 4) is 5.88 Å². The molecule has 8 nitrogen and oxygen atoms in total. The largest absolute Gasteiger partial charge is 0.470 e. The van der Waals surface area contributed by atoms with E-state index in [1.807, 2.05) is 24.0 Å². The monoisotopic (exact) mass is 472 g/mol. The number of anilines is 2. The molecular formula is C23H23F3N6O2. The normalized spacial score (nSPS) is 16.3. The molecule has 34 heavy (non-hydrogen) atoms. The van der Waals surface area contributed by atoms with Gasteiger partial charge in [0.05, 0.1) is 5.56 Å². The number of carbonyl (C=O) groups excluding carboxylic acids is 1. The molecule has 0 spiro atoms. The highest BCUT2D eigenvalue weighted by molar-refractivity contribution is 5.89. The molecule has 4 rings (SSSR count). The first-order valence-corrected chi connectivity index (χ1v) is 10.6. The summed E-state index contributed by atoms with van der Waals surface area (Å²) in [6.45, 7) is 3.41. The lowest BCUT2D eigenvalue weighted by Crippen LogP contribution is -2.55. The fourth-order valence-electron chi connectivity index (χ4n) is 3.68. The van der Waals surface area contributed by atoms with Crippen molar-refractivity contribution in [3.05, 3.63) is 72.3 Å². The first kappa shape index (κ1) is 23.3.